The molecule has 64 valence electrons. The van der Waals surface area contributed by atoms with Gasteiger partial charge in [0, 0.05) is 7.05 Å². The molecule has 0 N–H and O–H groups in total. The predicted molar refractivity (Wildman–Crippen MR) is 35.3 cm³/mol. The van der Waals surface area contributed by atoms with Crippen molar-refractivity contribution in [1.29, 1.82) is 0 Å². The van der Waals surface area contributed by atoms with Gasteiger partial charge in [0.15, 0.2) is 0 Å². The van der Waals surface area contributed by atoms with E-state index in [4.69, 9.17) is 0 Å². The van der Waals surface area contributed by atoms with Crippen molar-refractivity contribution in [2.75, 3.05) is 7.05 Å². The second-order valence-corrected chi connectivity index (χ2v) is 1.63. The SMILES string of the molecule is C/C=C(\C=NC)OC(F)(F)F. The third-order valence-corrected chi connectivity index (χ3v) is 0.774. The number of ether oxygens (including phenoxy) is 1. The van der Waals surface area contributed by atoms with Crippen molar-refractivity contribution >= 4 is 6.21 Å². The van der Waals surface area contributed by atoms with Crippen LogP contribution >= 0.6 is 0 Å². The molecule has 0 aliphatic heterocycles. The highest BCUT2D eigenvalue weighted by Gasteiger charge is 2.31. The van der Waals surface area contributed by atoms with Crippen LogP contribution in [0.3, 0.4) is 0 Å². The van der Waals surface area contributed by atoms with Gasteiger partial charge in [-0.1, -0.05) is 0 Å². The lowest BCUT2D eigenvalue weighted by Crippen LogP contribution is -2.13. The van der Waals surface area contributed by atoms with Gasteiger partial charge in [0.25, 0.3) is 0 Å². The summed E-state index contributed by atoms with van der Waals surface area (Å²) in [5.74, 6) is -0.306. The summed E-state index contributed by atoms with van der Waals surface area (Å²) in [6.45, 7) is 1.43. The monoisotopic (exact) mass is 167 g/mol. The summed E-state index contributed by atoms with van der Waals surface area (Å²) in [7, 11) is 1.36. The minimum atomic E-state index is -4.64. The molecule has 0 fully saturated rings. The molecule has 0 aliphatic rings. The molecule has 0 saturated carbocycles. The maximum atomic E-state index is 11.5. The van der Waals surface area contributed by atoms with Gasteiger partial charge >= 0.3 is 6.36 Å². The number of rotatable bonds is 2. The van der Waals surface area contributed by atoms with Crippen molar-refractivity contribution in [3.8, 4) is 0 Å². The van der Waals surface area contributed by atoms with Crippen LogP contribution in [0.4, 0.5) is 13.2 Å². The zero-order valence-electron chi connectivity index (χ0n) is 6.14. The van der Waals surface area contributed by atoms with Crippen LogP contribution in [-0.2, 0) is 4.74 Å². The fraction of sp³-hybridized carbons (Fsp3) is 0.500. The lowest BCUT2D eigenvalue weighted by atomic mass is 10.5. The Kier molecular flexibility index (Phi) is 3.64. The van der Waals surface area contributed by atoms with Gasteiger partial charge in [0.1, 0.15) is 5.76 Å². The Bertz CT molecular complexity index is 171. The quantitative estimate of drug-likeness (QED) is 0.456. The van der Waals surface area contributed by atoms with E-state index in [-0.39, 0.29) is 5.76 Å². The van der Waals surface area contributed by atoms with E-state index in [0.717, 1.165) is 6.21 Å². The molecule has 0 radical (unpaired) electrons. The fourth-order valence-electron chi connectivity index (χ4n) is 0.421. The van der Waals surface area contributed by atoms with Crippen LogP contribution < -0.4 is 0 Å². The number of allylic oxidation sites excluding steroid dienone is 2. The van der Waals surface area contributed by atoms with E-state index in [1.54, 1.807) is 0 Å². The van der Waals surface area contributed by atoms with E-state index in [1.807, 2.05) is 0 Å². The summed E-state index contributed by atoms with van der Waals surface area (Å²) < 4.78 is 38.0. The van der Waals surface area contributed by atoms with Crippen molar-refractivity contribution < 1.29 is 17.9 Å². The molecule has 0 aromatic rings. The maximum absolute atomic E-state index is 11.5. The minimum absolute atomic E-state index is 0.306. The van der Waals surface area contributed by atoms with Gasteiger partial charge in [0.2, 0.25) is 0 Å². The first-order chi connectivity index (χ1) is 4.99. The average molecular weight is 167 g/mol. The van der Waals surface area contributed by atoms with Gasteiger partial charge in [-0.05, 0) is 13.0 Å². The van der Waals surface area contributed by atoms with Gasteiger partial charge < -0.3 is 4.74 Å². The van der Waals surface area contributed by atoms with Crippen LogP contribution in [0.5, 0.6) is 0 Å². The summed E-state index contributed by atoms with van der Waals surface area (Å²) >= 11 is 0. The van der Waals surface area contributed by atoms with Crippen LogP contribution in [0.2, 0.25) is 0 Å². The van der Waals surface area contributed by atoms with E-state index in [9.17, 15) is 13.2 Å². The van der Waals surface area contributed by atoms with Crippen molar-refractivity contribution in [3.63, 3.8) is 0 Å². The third-order valence-electron chi connectivity index (χ3n) is 0.774. The third kappa shape index (κ3) is 5.44. The van der Waals surface area contributed by atoms with Crippen molar-refractivity contribution in [1.82, 2.24) is 0 Å². The Morgan fingerprint density at radius 3 is 2.27 bits per heavy atom. The Morgan fingerprint density at radius 1 is 1.45 bits per heavy atom. The molecule has 0 rings (SSSR count). The Balaban J connectivity index is 4.12. The minimum Gasteiger partial charge on any atom is -0.405 e. The first kappa shape index (κ1) is 10.0. The first-order valence-electron chi connectivity index (χ1n) is 2.84. The van der Waals surface area contributed by atoms with Gasteiger partial charge in [-0.15, -0.1) is 13.2 Å². The zero-order valence-corrected chi connectivity index (χ0v) is 6.14. The molecule has 5 heteroatoms. The fourth-order valence-corrected chi connectivity index (χ4v) is 0.421. The number of nitrogens with zero attached hydrogens (tertiary/aromatic N) is 1. The standard InChI is InChI=1S/C6H8F3NO/c1-3-5(4-10-2)11-6(7,8)9/h3-4H,1-2H3/b5-3+,10-4?. The van der Waals surface area contributed by atoms with Crippen molar-refractivity contribution in [2.45, 2.75) is 13.3 Å². The number of halogens is 3. The van der Waals surface area contributed by atoms with Crippen LogP contribution in [0.1, 0.15) is 6.92 Å². The summed E-state index contributed by atoms with van der Waals surface area (Å²) in [6.07, 6.45) is -2.46. The number of alkyl halides is 3. The molecule has 0 aromatic carbocycles. The van der Waals surface area contributed by atoms with Crippen LogP contribution in [-0.4, -0.2) is 19.6 Å². The molecule has 2 nitrogen and oxygen atoms in total. The average Bonchev–Trinajstić information content (AvgIpc) is 1.84. The second-order valence-electron chi connectivity index (χ2n) is 1.63. The number of hydrogen-bond donors (Lipinski definition) is 0. The maximum Gasteiger partial charge on any atom is 0.573 e. The Hall–Kier alpha value is -1.00. The van der Waals surface area contributed by atoms with Crippen molar-refractivity contribution in [2.24, 2.45) is 4.99 Å². The van der Waals surface area contributed by atoms with Gasteiger partial charge in [0.05, 0.1) is 6.21 Å². The number of aliphatic imine (C=N–C) groups is 1. The molecule has 0 aromatic heterocycles. The highest BCUT2D eigenvalue weighted by atomic mass is 19.4. The van der Waals surface area contributed by atoms with Crippen LogP contribution in [0, 0.1) is 0 Å². The summed E-state index contributed by atoms with van der Waals surface area (Å²) in [6, 6.07) is 0. The molecule has 0 heterocycles. The molecule has 0 aliphatic carbocycles. The molecule has 0 saturated heterocycles. The summed E-state index contributed by atoms with van der Waals surface area (Å²) in [4.78, 5) is 3.37. The lowest BCUT2D eigenvalue weighted by molar-refractivity contribution is -0.301. The first-order valence-corrected chi connectivity index (χ1v) is 2.84. The molecule has 0 amide bonds. The topological polar surface area (TPSA) is 21.6 Å². The molecule has 0 unspecified atom stereocenters. The summed E-state index contributed by atoms with van der Waals surface area (Å²) in [5.41, 5.74) is 0. The molecule has 0 atom stereocenters. The highest BCUT2D eigenvalue weighted by molar-refractivity contribution is 5.75. The van der Waals surface area contributed by atoms with Gasteiger partial charge in [-0.3, -0.25) is 4.99 Å². The second kappa shape index (κ2) is 4.00. The van der Waals surface area contributed by atoms with E-state index < -0.39 is 6.36 Å². The normalized spacial score (nSPS) is 14.1. The van der Waals surface area contributed by atoms with E-state index in [0.29, 0.717) is 0 Å². The van der Waals surface area contributed by atoms with Crippen LogP contribution in [0.25, 0.3) is 0 Å². The van der Waals surface area contributed by atoms with Gasteiger partial charge in [-0.25, -0.2) is 0 Å². The van der Waals surface area contributed by atoms with Crippen molar-refractivity contribution in [3.05, 3.63) is 11.8 Å². The molecule has 11 heavy (non-hydrogen) atoms. The molecular formula is C6H8F3NO. The van der Waals surface area contributed by atoms with E-state index in [2.05, 4.69) is 9.73 Å². The van der Waals surface area contributed by atoms with E-state index in [1.165, 1.54) is 20.0 Å². The molecule has 0 spiro atoms. The number of hydrogen-bond acceptors (Lipinski definition) is 2. The summed E-state index contributed by atoms with van der Waals surface area (Å²) in [5, 5.41) is 0. The van der Waals surface area contributed by atoms with Crippen LogP contribution in [0.15, 0.2) is 16.8 Å². The Labute approximate surface area is 62.4 Å². The van der Waals surface area contributed by atoms with E-state index >= 15 is 0 Å². The zero-order chi connectivity index (χ0) is 8.91. The largest absolute Gasteiger partial charge is 0.573 e. The van der Waals surface area contributed by atoms with Gasteiger partial charge in [-0.2, -0.15) is 0 Å². The highest BCUT2D eigenvalue weighted by Crippen LogP contribution is 2.19. The molecular weight excluding hydrogens is 159 g/mol. The lowest BCUT2D eigenvalue weighted by Gasteiger charge is -2.07. The molecule has 0 bridgehead atoms. The Morgan fingerprint density at radius 2 is 2.00 bits per heavy atom. The predicted octanol–water partition coefficient (Wildman–Crippen LogP) is 2.13. The smallest absolute Gasteiger partial charge is 0.405 e.